The van der Waals surface area contributed by atoms with Crippen molar-refractivity contribution in [2.75, 3.05) is 23.8 Å². The SMILES string of the molecule is CCC1OCCN(c2ccc(C(F)(F)F)cc2)C1CC.CCCCSc1nnc(-c2ocnc2C)n1C. The minimum Gasteiger partial charge on any atom is -0.440 e. The zero-order valence-electron chi connectivity index (χ0n) is 22.1. The van der Waals surface area contributed by atoms with Crippen molar-refractivity contribution in [1.82, 2.24) is 19.7 Å². The summed E-state index contributed by atoms with van der Waals surface area (Å²) in [6.45, 7) is 9.58. The van der Waals surface area contributed by atoms with Gasteiger partial charge in [0.25, 0.3) is 0 Å². The van der Waals surface area contributed by atoms with Crippen LogP contribution in [0.25, 0.3) is 11.6 Å². The van der Waals surface area contributed by atoms with Gasteiger partial charge in [0, 0.05) is 25.0 Å². The summed E-state index contributed by atoms with van der Waals surface area (Å²) < 4.78 is 50.8. The molecular weight excluding hydrogens is 503 g/mol. The summed E-state index contributed by atoms with van der Waals surface area (Å²) in [5.74, 6) is 2.50. The summed E-state index contributed by atoms with van der Waals surface area (Å²) in [6.07, 6.45) is 1.52. The molecule has 2 unspecified atom stereocenters. The lowest BCUT2D eigenvalue weighted by atomic mass is 10.0. The summed E-state index contributed by atoms with van der Waals surface area (Å²) in [7, 11) is 1.95. The van der Waals surface area contributed by atoms with E-state index in [1.165, 1.54) is 19.2 Å². The van der Waals surface area contributed by atoms with Gasteiger partial charge in [-0.15, -0.1) is 10.2 Å². The van der Waals surface area contributed by atoms with Crippen molar-refractivity contribution in [3.05, 3.63) is 41.9 Å². The summed E-state index contributed by atoms with van der Waals surface area (Å²) >= 11 is 1.72. The van der Waals surface area contributed by atoms with Crippen molar-refractivity contribution < 1.29 is 22.3 Å². The molecule has 0 N–H and O–H groups in total. The van der Waals surface area contributed by atoms with Crippen LogP contribution in [0.2, 0.25) is 0 Å². The average molecular weight is 540 g/mol. The number of ether oxygens (including phenoxy) is 1. The van der Waals surface area contributed by atoms with Crippen LogP contribution in [0.15, 0.2) is 40.2 Å². The Bertz CT molecular complexity index is 1100. The van der Waals surface area contributed by atoms with Gasteiger partial charge >= 0.3 is 6.18 Å². The summed E-state index contributed by atoms with van der Waals surface area (Å²) in [4.78, 5) is 6.23. The second-order valence-electron chi connectivity index (χ2n) is 8.87. The zero-order chi connectivity index (χ0) is 27.0. The van der Waals surface area contributed by atoms with E-state index in [9.17, 15) is 13.2 Å². The fourth-order valence-corrected chi connectivity index (χ4v) is 5.27. The van der Waals surface area contributed by atoms with Crippen molar-refractivity contribution in [3.8, 4) is 11.6 Å². The smallest absolute Gasteiger partial charge is 0.416 e. The van der Waals surface area contributed by atoms with E-state index in [0.29, 0.717) is 12.4 Å². The fourth-order valence-electron chi connectivity index (χ4n) is 4.28. The lowest BCUT2D eigenvalue weighted by molar-refractivity contribution is -0.137. The van der Waals surface area contributed by atoms with Crippen molar-refractivity contribution in [2.45, 2.75) is 76.9 Å². The van der Waals surface area contributed by atoms with Crippen molar-refractivity contribution >= 4 is 17.4 Å². The van der Waals surface area contributed by atoms with Gasteiger partial charge in [0.15, 0.2) is 17.3 Å². The monoisotopic (exact) mass is 539 g/mol. The molecule has 37 heavy (non-hydrogen) atoms. The summed E-state index contributed by atoms with van der Waals surface area (Å²) in [5.41, 5.74) is 1.08. The number of oxazole rings is 1. The number of aryl methyl sites for hydroxylation is 1. The third-order valence-electron chi connectivity index (χ3n) is 6.35. The largest absolute Gasteiger partial charge is 0.440 e. The van der Waals surface area contributed by atoms with Gasteiger partial charge in [-0.25, -0.2) is 4.98 Å². The topological polar surface area (TPSA) is 69.2 Å². The zero-order valence-corrected chi connectivity index (χ0v) is 22.9. The number of hydrogen-bond acceptors (Lipinski definition) is 7. The molecule has 0 spiro atoms. The number of thioether (sulfide) groups is 1. The average Bonchev–Trinajstić information content (AvgIpc) is 3.48. The number of unbranched alkanes of at least 4 members (excludes halogenated alkanes) is 1. The number of aromatic nitrogens is 4. The van der Waals surface area contributed by atoms with E-state index in [1.807, 2.05) is 18.5 Å². The van der Waals surface area contributed by atoms with Crippen LogP contribution in [-0.4, -0.2) is 50.8 Å². The predicted octanol–water partition coefficient (Wildman–Crippen LogP) is 6.77. The maximum absolute atomic E-state index is 12.6. The molecule has 2 aromatic heterocycles. The van der Waals surface area contributed by atoms with E-state index < -0.39 is 11.7 Å². The lowest BCUT2D eigenvalue weighted by Crippen LogP contribution is -2.51. The van der Waals surface area contributed by atoms with Gasteiger partial charge in [0.05, 0.1) is 30.0 Å². The Morgan fingerprint density at radius 3 is 2.38 bits per heavy atom. The minimum atomic E-state index is -4.28. The molecule has 0 radical (unpaired) electrons. The number of rotatable bonds is 8. The van der Waals surface area contributed by atoms with Gasteiger partial charge in [0.2, 0.25) is 5.82 Å². The molecule has 0 amide bonds. The highest BCUT2D eigenvalue weighted by Crippen LogP contribution is 2.32. The van der Waals surface area contributed by atoms with Gasteiger partial charge < -0.3 is 18.6 Å². The third-order valence-corrected chi connectivity index (χ3v) is 7.46. The van der Waals surface area contributed by atoms with Gasteiger partial charge in [0.1, 0.15) is 0 Å². The Hall–Kier alpha value is -2.53. The molecule has 1 fully saturated rings. The van der Waals surface area contributed by atoms with Gasteiger partial charge in [-0.05, 0) is 50.5 Å². The Morgan fingerprint density at radius 1 is 1.08 bits per heavy atom. The molecule has 0 bridgehead atoms. The first-order valence-electron chi connectivity index (χ1n) is 12.7. The first kappa shape index (κ1) is 29.0. The van der Waals surface area contributed by atoms with E-state index in [2.05, 4.69) is 40.9 Å². The van der Waals surface area contributed by atoms with Crippen LogP contribution in [0, 0.1) is 6.92 Å². The van der Waals surface area contributed by atoms with Crippen LogP contribution < -0.4 is 4.90 Å². The van der Waals surface area contributed by atoms with Crippen LogP contribution in [0.1, 0.15) is 57.7 Å². The molecule has 1 saturated heterocycles. The molecule has 3 aromatic rings. The Labute approximate surface area is 220 Å². The quantitative estimate of drug-likeness (QED) is 0.231. The van der Waals surface area contributed by atoms with E-state index >= 15 is 0 Å². The molecule has 3 heterocycles. The number of hydrogen-bond donors (Lipinski definition) is 0. The second-order valence-corrected chi connectivity index (χ2v) is 9.93. The number of benzene rings is 1. The van der Waals surface area contributed by atoms with E-state index in [0.717, 1.165) is 59.6 Å². The van der Waals surface area contributed by atoms with Gasteiger partial charge in [-0.2, -0.15) is 13.2 Å². The standard InChI is InChI=1S/C15H20F3NO.C11H16N4OS/c1-3-13-14(4-2)20-10-9-19(13)12-7-5-11(6-8-12)15(16,17)18;1-4-5-6-17-11-14-13-10(15(11)3)9-8(2)12-7-16-9/h5-8,13-14H,3-4,9-10H2,1-2H3;7H,4-6H2,1-3H3. The van der Waals surface area contributed by atoms with Crippen molar-refractivity contribution in [2.24, 2.45) is 7.05 Å². The van der Waals surface area contributed by atoms with Crippen molar-refractivity contribution in [1.29, 1.82) is 0 Å². The number of halogens is 3. The lowest BCUT2D eigenvalue weighted by Gasteiger charge is -2.42. The first-order valence-corrected chi connectivity index (χ1v) is 13.7. The third kappa shape index (κ3) is 7.28. The molecule has 1 aromatic carbocycles. The minimum absolute atomic E-state index is 0.149. The summed E-state index contributed by atoms with van der Waals surface area (Å²) in [6, 6.07) is 5.65. The van der Waals surface area contributed by atoms with Crippen LogP contribution in [-0.2, 0) is 18.0 Å². The predicted molar refractivity (Wildman–Crippen MR) is 140 cm³/mol. The second kappa shape index (κ2) is 13.3. The highest BCUT2D eigenvalue weighted by molar-refractivity contribution is 7.99. The van der Waals surface area contributed by atoms with Gasteiger partial charge in [-0.3, -0.25) is 0 Å². The summed E-state index contributed by atoms with van der Waals surface area (Å²) in [5, 5.41) is 9.25. The number of anilines is 1. The molecule has 4 rings (SSSR count). The highest BCUT2D eigenvalue weighted by Gasteiger charge is 2.32. The molecule has 0 saturated carbocycles. The Morgan fingerprint density at radius 2 is 1.81 bits per heavy atom. The first-order chi connectivity index (χ1) is 17.7. The molecule has 11 heteroatoms. The van der Waals surface area contributed by atoms with Gasteiger partial charge in [-0.1, -0.05) is 39.0 Å². The van der Waals surface area contributed by atoms with Crippen LogP contribution in [0.4, 0.5) is 18.9 Å². The fraction of sp³-hybridized carbons (Fsp3) is 0.577. The highest BCUT2D eigenvalue weighted by atomic mass is 32.2. The molecule has 204 valence electrons. The normalized spacial score (nSPS) is 18.0. The Kier molecular flexibility index (Phi) is 10.5. The molecule has 0 aliphatic carbocycles. The molecule has 1 aliphatic rings. The maximum Gasteiger partial charge on any atom is 0.416 e. The van der Waals surface area contributed by atoms with Crippen LogP contribution >= 0.6 is 11.8 Å². The Balaban J connectivity index is 0.000000208. The molecule has 2 atom stereocenters. The number of morpholine rings is 1. The van der Waals surface area contributed by atoms with E-state index in [-0.39, 0.29) is 12.1 Å². The molecule has 7 nitrogen and oxygen atoms in total. The van der Waals surface area contributed by atoms with Crippen molar-refractivity contribution in [3.63, 3.8) is 0 Å². The molecular formula is C26H36F3N5O2S. The van der Waals surface area contributed by atoms with E-state index in [4.69, 9.17) is 9.15 Å². The maximum atomic E-state index is 12.6. The van der Waals surface area contributed by atoms with E-state index in [1.54, 1.807) is 23.9 Å². The van der Waals surface area contributed by atoms with Crippen LogP contribution in [0.3, 0.4) is 0 Å². The van der Waals surface area contributed by atoms with Crippen LogP contribution in [0.5, 0.6) is 0 Å². The number of alkyl halides is 3. The number of nitrogens with zero attached hydrogens (tertiary/aromatic N) is 5. The molecule has 1 aliphatic heterocycles.